The van der Waals surface area contributed by atoms with Gasteiger partial charge in [-0.05, 0) is 34.7 Å². The van der Waals surface area contributed by atoms with Crippen LogP contribution < -0.4 is 5.73 Å². The zero-order valence-corrected chi connectivity index (χ0v) is 10.5. The fraction of sp³-hybridized carbons (Fsp3) is 1.00. The molecule has 0 spiro atoms. The van der Waals surface area contributed by atoms with Crippen molar-refractivity contribution in [1.29, 1.82) is 0 Å². The van der Waals surface area contributed by atoms with Gasteiger partial charge < -0.3 is 15.2 Å². The quantitative estimate of drug-likeness (QED) is 0.766. The van der Waals surface area contributed by atoms with E-state index in [4.69, 9.17) is 15.2 Å². The van der Waals surface area contributed by atoms with Crippen molar-refractivity contribution in [1.82, 2.24) is 4.90 Å². The van der Waals surface area contributed by atoms with E-state index in [2.05, 4.69) is 11.8 Å². The van der Waals surface area contributed by atoms with Gasteiger partial charge in [-0.1, -0.05) is 0 Å². The summed E-state index contributed by atoms with van der Waals surface area (Å²) in [6.45, 7) is 8.84. The number of likely N-dealkylation sites (N-methyl/N-ethyl adjacent to an activating group) is 1. The van der Waals surface area contributed by atoms with Crippen molar-refractivity contribution in [2.24, 2.45) is 5.73 Å². The second-order valence-electron chi connectivity index (χ2n) is 4.56. The summed E-state index contributed by atoms with van der Waals surface area (Å²) in [6.07, 6.45) is 1.16. The van der Waals surface area contributed by atoms with Gasteiger partial charge in [0.25, 0.3) is 0 Å². The number of nitrogens with zero attached hydrogens (tertiary/aromatic N) is 1. The Hall–Kier alpha value is -0.160. The van der Waals surface area contributed by atoms with Crippen molar-refractivity contribution in [2.45, 2.75) is 58.2 Å². The molecule has 0 aliphatic carbocycles. The van der Waals surface area contributed by atoms with Gasteiger partial charge in [-0.25, -0.2) is 0 Å². The Labute approximate surface area is 92.7 Å². The van der Waals surface area contributed by atoms with Crippen LogP contribution in [-0.4, -0.2) is 42.7 Å². The molecule has 1 saturated heterocycles. The number of hydrogen-bond donors (Lipinski definition) is 1. The van der Waals surface area contributed by atoms with Gasteiger partial charge in [0.15, 0.2) is 0 Å². The minimum Gasteiger partial charge on any atom is -0.379 e. The van der Waals surface area contributed by atoms with E-state index in [1.165, 1.54) is 0 Å². The topological polar surface area (TPSA) is 47.7 Å². The molecule has 0 radical (unpaired) electrons. The Morgan fingerprint density at radius 1 is 1.60 bits per heavy atom. The fourth-order valence-electron chi connectivity index (χ4n) is 2.03. The Morgan fingerprint density at radius 2 is 2.20 bits per heavy atom. The highest BCUT2D eigenvalue weighted by Crippen LogP contribution is 2.30. The second kappa shape index (κ2) is 4.78. The summed E-state index contributed by atoms with van der Waals surface area (Å²) in [7, 11) is 2.00. The van der Waals surface area contributed by atoms with Crippen LogP contribution in [-0.2, 0) is 9.47 Å². The fourth-order valence-corrected chi connectivity index (χ4v) is 2.03. The zero-order chi connectivity index (χ0) is 11.6. The third-order valence-corrected chi connectivity index (χ3v) is 3.32. The first-order valence-corrected chi connectivity index (χ1v) is 5.68. The maximum absolute atomic E-state index is 6.25. The Bertz CT molecular complexity index is 209. The maximum Gasteiger partial charge on any atom is 0.109 e. The number of hydrogen-bond acceptors (Lipinski definition) is 4. The molecule has 4 heteroatoms. The van der Waals surface area contributed by atoms with Gasteiger partial charge in [-0.3, -0.25) is 4.90 Å². The summed E-state index contributed by atoms with van der Waals surface area (Å²) in [5.41, 5.74) is 5.85. The molecule has 4 nitrogen and oxygen atoms in total. The SMILES string of the molecule is CCOC(C)CC1OC(C)N(C)C1(C)N. The third-order valence-electron chi connectivity index (χ3n) is 3.32. The first-order chi connectivity index (χ1) is 6.89. The molecular formula is C11H24N2O2. The first-order valence-electron chi connectivity index (χ1n) is 5.68. The molecule has 1 aliphatic heterocycles. The predicted molar refractivity (Wildman–Crippen MR) is 60.4 cm³/mol. The van der Waals surface area contributed by atoms with Crippen molar-refractivity contribution in [3.63, 3.8) is 0 Å². The summed E-state index contributed by atoms with van der Waals surface area (Å²) in [5.74, 6) is 0. The lowest BCUT2D eigenvalue weighted by Gasteiger charge is -2.32. The van der Waals surface area contributed by atoms with Crippen LogP contribution in [0.2, 0.25) is 0 Å². The lowest BCUT2D eigenvalue weighted by molar-refractivity contribution is -0.0176. The molecule has 90 valence electrons. The van der Waals surface area contributed by atoms with Crippen LogP contribution in [0.15, 0.2) is 0 Å². The molecule has 0 bridgehead atoms. The maximum atomic E-state index is 6.25. The molecule has 2 N–H and O–H groups in total. The number of rotatable bonds is 4. The molecule has 15 heavy (non-hydrogen) atoms. The summed E-state index contributed by atoms with van der Waals surface area (Å²) in [5, 5.41) is 0. The van der Waals surface area contributed by atoms with Crippen molar-refractivity contribution in [2.75, 3.05) is 13.7 Å². The van der Waals surface area contributed by atoms with Crippen LogP contribution in [0.3, 0.4) is 0 Å². The standard InChI is InChI=1S/C11H24N2O2/c1-6-14-8(2)7-10-11(4,12)13(5)9(3)15-10/h8-10H,6-7,12H2,1-5H3. The van der Waals surface area contributed by atoms with E-state index < -0.39 is 5.66 Å². The van der Waals surface area contributed by atoms with E-state index in [1.807, 2.05) is 27.8 Å². The minimum atomic E-state index is -0.398. The largest absolute Gasteiger partial charge is 0.379 e. The van der Waals surface area contributed by atoms with Gasteiger partial charge in [0.05, 0.1) is 17.9 Å². The summed E-state index contributed by atoms with van der Waals surface area (Å²) >= 11 is 0. The van der Waals surface area contributed by atoms with Crippen LogP contribution >= 0.6 is 0 Å². The lowest BCUT2D eigenvalue weighted by atomic mass is 10.0. The average molecular weight is 216 g/mol. The molecule has 0 aromatic rings. The lowest BCUT2D eigenvalue weighted by Crippen LogP contribution is -2.55. The average Bonchev–Trinajstić information content (AvgIpc) is 2.31. The highest BCUT2D eigenvalue weighted by Gasteiger charge is 2.45. The van der Waals surface area contributed by atoms with Gasteiger partial charge in [0.1, 0.15) is 6.23 Å². The van der Waals surface area contributed by atoms with Crippen molar-refractivity contribution >= 4 is 0 Å². The van der Waals surface area contributed by atoms with Crippen molar-refractivity contribution in [3.05, 3.63) is 0 Å². The van der Waals surface area contributed by atoms with Crippen LogP contribution in [0.1, 0.15) is 34.1 Å². The summed E-state index contributed by atoms with van der Waals surface area (Å²) in [6, 6.07) is 0. The minimum absolute atomic E-state index is 0.0408. The van der Waals surface area contributed by atoms with E-state index in [0.717, 1.165) is 13.0 Å². The zero-order valence-electron chi connectivity index (χ0n) is 10.5. The van der Waals surface area contributed by atoms with Crippen LogP contribution in [0, 0.1) is 0 Å². The molecule has 4 atom stereocenters. The second-order valence-corrected chi connectivity index (χ2v) is 4.56. The molecule has 1 rings (SSSR count). The van der Waals surface area contributed by atoms with E-state index in [9.17, 15) is 0 Å². The van der Waals surface area contributed by atoms with E-state index in [0.29, 0.717) is 0 Å². The van der Waals surface area contributed by atoms with Crippen LogP contribution in [0.25, 0.3) is 0 Å². The Morgan fingerprint density at radius 3 is 2.60 bits per heavy atom. The molecule has 0 amide bonds. The molecule has 1 aliphatic rings. The Kier molecular flexibility index (Phi) is 4.12. The number of ether oxygens (including phenoxy) is 2. The number of nitrogens with two attached hydrogens (primary N) is 1. The summed E-state index contributed by atoms with van der Waals surface area (Å²) in [4.78, 5) is 2.07. The van der Waals surface area contributed by atoms with Crippen molar-refractivity contribution in [3.8, 4) is 0 Å². The molecule has 1 heterocycles. The molecular weight excluding hydrogens is 192 g/mol. The predicted octanol–water partition coefficient (Wildman–Crippen LogP) is 1.15. The van der Waals surface area contributed by atoms with Crippen LogP contribution in [0.5, 0.6) is 0 Å². The molecule has 0 aromatic carbocycles. The normalized spacial score (nSPS) is 39.6. The molecule has 4 unspecified atom stereocenters. The highest BCUT2D eigenvalue weighted by atomic mass is 16.5. The van der Waals surface area contributed by atoms with Gasteiger partial charge >= 0.3 is 0 Å². The van der Waals surface area contributed by atoms with Crippen molar-refractivity contribution < 1.29 is 9.47 Å². The van der Waals surface area contributed by atoms with Gasteiger partial charge in [0.2, 0.25) is 0 Å². The monoisotopic (exact) mass is 216 g/mol. The Balaban J connectivity index is 2.56. The smallest absolute Gasteiger partial charge is 0.109 e. The van der Waals surface area contributed by atoms with E-state index >= 15 is 0 Å². The summed E-state index contributed by atoms with van der Waals surface area (Å²) < 4.78 is 11.3. The first kappa shape index (κ1) is 12.9. The highest BCUT2D eigenvalue weighted by molar-refractivity contribution is 4.93. The molecule has 1 fully saturated rings. The molecule has 0 aromatic heterocycles. The van der Waals surface area contributed by atoms with Gasteiger partial charge in [-0.2, -0.15) is 0 Å². The molecule has 0 saturated carbocycles. The van der Waals surface area contributed by atoms with Gasteiger partial charge in [-0.15, -0.1) is 0 Å². The van der Waals surface area contributed by atoms with Crippen LogP contribution in [0.4, 0.5) is 0 Å². The third kappa shape index (κ3) is 2.69. The van der Waals surface area contributed by atoms with E-state index in [-0.39, 0.29) is 18.4 Å². The van der Waals surface area contributed by atoms with E-state index in [1.54, 1.807) is 0 Å². The van der Waals surface area contributed by atoms with Gasteiger partial charge in [0, 0.05) is 13.0 Å².